The first-order valence-corrected chi connectivity index (χ1v) is 6.09. The maximum absolute atomic E-state index is 8.36. The van der Waals surface area contributed by atoms with Crippen molar-refractivity contribution < 1.29 is 9.90 Å². The summed E-state index contributed by atoms with van der Waals surface area (Å²) in [6.45, 7) is 5.64. The number of rotatable bonds is 5. The van der Waals surface area contributed by atoms with Crippen LogP contribution in [0.2, 0.25) is 0 Å². The molecule has 0 bridgehead atoms. The van der Waals surface area contributed by atoms with Gasteiger partial charge >= 0.3 is 0 Å². The molecule has 0 aromatic carbocycles. The van der Waals surface area contributed by atoms with Crippen LogP contribution in [0.5, 0.6) is 0 Å². The van der Waals surface area contributed by atoms with Crippen molar-refractivity contribution in [2.75, 3.05) is 6.54 Å². The third kappa shape index (κ3) is 8.72. The van der Waals surface area contributed by atoms with Gasteiger partial charge in [-0.15, -0.1) is 0 Å². The molecule has 1 heterocycles. The van der Waals surface area contributed by atoms with Gasteiger partial charge in [-0.1, -0.05) is 34.1 Å². The van der Waals surface area contributed by atoms with Crippen molar-refractivity contribution in [3.63, 3.8) is 0 Å². The SMILES string of the molecule is C.CCC(CC)CCC1CCCN1.O=CO. The second-order valence-electron chi connectivity index (χ2n) is 4.16. The standard InChI is InChI=1S/C11H23N.CH2O2.CH4/c1-3-10(4-2)7-8-11-6-5-9-12-11;2-1-3;/h10-12H,3-9H2,1-2H3;1H,(H,2,3);1H4. The van der Waals surface area contributed by atoms with Crippen molar-refractivity contribution >= 4 is 6.47 Å². The number of carboxylic acid groups (broad SMARTS) is 1. The van der Waals surface area contributed by atoms with Gasteiger partial charge in [-0.25, -0.2) is 0 Å². The Kier molecular flexibility index (Phi) is 13.9. The first-order chi connectivity index (χ1) is 7.28. The topological polar surface area (TPSA) is 49.3 Å². The Morgan fingerprint density at radius 1 is 1.44 bits per heavy atom. The Balaban J connectivity index is 0. The molecule has 3 nitrogen and oxygen atoms in total. The molecule has 0 saturated carbocycles. The maximum atomic E-state index is 8.36. The van der Waals surface area contributed by atoms with E-state index in [4.69, 9.17) is 9.90 Å². The summed E-state index contributed by atoms with van der Waals surface area (Å²) in [5.74, 6) is 0.979. The number of hydrogen-bond donors (Lipinski definition) is 2. The minimum Gasteiger partial charge on any atom is -0.483 e. The van der Waals surface area contributed by atoms with Gasteiger partial charge in [0, 0.05) is 6.04 Å². The largest absolute Gasteiger partial charge is 0.483 e. The molecule has 16 heavy (non-hydrogen) atoms. The van der Waals surface area contributed by atoms with Crippen molar-refractivity contribution in [2.45, 2.75) is 65.8 Å². The highest BCUT2D eigenvalue weighted by molar-refractivity contribution is 5.32. The fourth-order valence-electron chi connectivity index (χ4n) is 2.14. The molecule has 0 aromatic rings. The Labute approximate surface area is 101 Å². The molecule has 1 aliphatic rings. The van der Waals surface area contributed by atoms with E-state index in [1.165, 1.54) is 45.1 Å². The lowest BCUT2D eigenvalue weighted by Crippen LogP contribution is -2.21. The Morgan fingerprint density at radius 3 is 2.38 bits per heavy atom. The van der Waals surface area contributed by atoms with E-state index >= 15 is 0 Å². The molecule has 1 aliphatic heterocycles. The van der Waals surface area contributed by atoms with Gasteiger partial charge in [0.1, 0.15) is 0 Å². The summed E-state index contributed by atoms with van der Waals surface area (Å²) in [7, 11) is 0. The van der Waals surface area contributed by atoms with Crippen LogP contribution >= 0.6 is 0 Å². The van der Waals surface area contributed by atoms with Crippen LogP contribution in [-0.4, -0.2) is 24.2 Å². The van der Waals surface area contributed by atoms with Crippen LogP contribution in [0, 0.1) is 5.92 Å². The average Bonchev–Trinajstić information content (AvgIpc) is 2.73. The molecular formula is C13H29NO2. The quantitative estimate of drug-likeness (QED) is 0.714. The van der Waals surface area contributed by atoms with Gasteiger partial charge in [0.15, 0.2) is 0 Å². The maximum Gasteiger partial charge on any atom is 0.290 e. The van der Waals surface area contributed by atoms with E-state index in [1.54, 1.807) is 0 Å². The highest BCUT2D eigenvalue weighted by Crippen LogP contribution is 2.19. The van der Waals surface area contributed by atoms with Crippen LogP contribution in [0.15, 0.2) is 0 Å². The molecule has 1 rings (SSSR count). The molecule has 1 saturated heterocycles. The van der Waals surface area contributed by atoms with Crippen LogP contribution < -0.4 is 5.32 Å². The van der Waals surface area contributed by atoms with Gasteiger partial charge in [0.05, 0.1) is 0 Å². The summed E-state index contributed by atoms with van der Waals surface area (Å²) < 4.78 is 0. The molecule has 0 aliphatic carbocycles. The molecule has 0 amide bonds. The predicted octanol–water partition coefficient (Wildman–Crippen LogP) is 3.29. The van der Waals surface area contributed by atoms with Gasteiger partial charge < -0.3 is 10.4 Å². The minimum absolute atomic E-state index is 0. The smallest absolute Gasteiger partial charge is 0.290 e. The van der Waals surface area contributed by atoms with E-state index < -0.39 is 0 Å². The lowest BCUT2D eigenvalue weighted by Gasteiger charge is -2.15. The third-order valence-electron chi connectivity index (χ3n) is 3.24. The second-order valence-corrected chi connectivity index (χ2v) is 4.16. The molecule has 0 radical (unpaired) electrons. The molecule has 98 valence electrons. The van der Waals surface area contributed by atoms with E-state index in [2.05, 4.69) is 19.2 Å². The van der Waals surface area contributed by atoms with E-state index in [9.17, 15) is 0 Å². The van der Waals surface area contributed by atoms with E-state index in [1.807, 2.05) is 0 Å². The van der Waals surface area contributed by atoms with Crippen molar-refractivity contribution in [3.05, 3.63) is 0 Å². The lowest BCUT2D eigenvalue weighted by molar-refractivity contribution is -0.122. The highest BCUT2D eigenvalue weighted by atomic mass is 16.3. The molecular weight excluding hydrogens is 202 g/mol. The molecule has 1 unspecified atom stereocenters. The van der Waals surface area contributed by atoms with E-state index in [-0.39, 0.29) is 13.9 Å². The van der Waals surface area contributed by atoms with Crippen molar-refractivity contribution in [2.24, 2.45) is 5.92 Å². The summed E-state index contributed by atoms with van der Waals surface area (Å²) in [5, 5.41) is 10.4. The van der Waals surface area contributed by atoms with Crippen LogP contribution in [0.3, 0.4) is 0 Å². The number of carbonyl (C=O) groups is 1. The van der Waals surface area contributed by atoms with Crippen molar-refractivity contribution in [3.8, 4) is 0 Å². The first kappa shape index (κ1) is 17.8. The molecule has 1 fully saturated rings. The summed E-state index contributed by atoms with van der Waals surface area (Å²) in [6, 6.07) is 0.852. The summed E-state index contributed by atoms with van der Waals surface area (Å²) >= 11 is 0. The van der Waals surface area contributed by atoms with Crippen molar-refractivity contribution in [1.82, 2.24) is 5.32 Å². The normalized spacial score (nSPS) is 18.6. The van der Waals surface area contributed by atoms with Gasteiger partial charge in [-0.05, 0) is 38.1 Å². The summed E-state index contributed by atoms with van der Waals surface area (Å²) in [4.78, 5) is 8.36. The molecule has 1 atom stereocenters. The minimum atomic E-state index is -0.250. The molecule has 2 N–H and O–H groups in total. The Morgan fingerprint density at radius 2 is 2.00 bits per heavy atom. The van der Waals surface area contributed by atoms with Crippen LogP contribution in [0.25, 0.3) is 0 Å². The zero-order valence-electron chi connectivity index (χ0n) is 10.0. The van der Waals surface area contributed by atoms with Gasteiger partial charge in [-0.2, -0.15) is 0 Å². The molecule has 3 heteroatoms. The average molecular weight is 231 g/mol. The third-order valence-corrected chi connectivity index (χ3v) is 3.24. The Bertz CT molecular complexity index is 139. The highest BCUT2D eigenvalue weighted by Gasteiger charge is 2.14. The molecule has 0 spiro atoms. The summed E-state index contributed by atoms with van der Waals surface area (Å²) in [6.07, 6.45) is 8.39. The number of nitrogens with one attached hydrogen (secondary N) is 1. The Hall–Kier alpha value is -0.570. The zero-order valence-corrected chi connectivity index (χ0v) is 10.0. The van der Waals surface area contributed by atoms with Gasteiger partial charge in [0.25, 0.3) is 6.47 Å². The van der Waals surface area contributed by atoms with Crippen molar-refractivity contribution in [1.29, 1.82) is 0 Å². The van der Waals surface area contributed by atoms with Gasteiger partial charge in [0.2, 0.25) is 0 Å². The van der Waals surface area contributed by atoms with E-state index in [0.29, 0.717) is 0 Å². The van der Waals surface area contributed by atoms with E-state index in [0.717, 1.165) is 12.0 Å². The predicted molar refractivity (Wildman–Crippen MR) is 69.8 cm³/mol. The monoisotopic (exact) mass is 231 g/mol. The van der Waals surface area contributed by atoms with Gasteiger partial charge in [-0.3, -0.25) is 4.79 Å². The zero-order chi connectivity index (χ0) is 11.5. The second kappa shape index (κ2) is 12.5. The number of hydrogen-bond acceptors (Lipinski definition) is 2. The fraction of sp³-hybridized carbons (Fsp3) is 0.923. The lowest BCUT2D eigenvalue weighted by atomic mass is 9.95. The van der Waals surface area contributed by atoms with Crippen LogP contribution in [0.1, 0.15) is 59.8 Å². The first-order valence-electron chi connectivity index (χ1n) is 6.09. The van der Waals surface area contributed by atoms with Crippen LogP contribution in [0.4, 0.5) is 0 Å². The summed E-state index contributed by atoms with van der Waals surface area (Å²) in [5.41, 5.74) is 0. The fourth-order valence-corrected chi connectivity index (χ4v) is 2.14. The molecule has 0 aromatic heterocycles. The van der Waals surface area contributed by atoms with Crippen LogP contribution in [-0.2, 0) is 4.79 Å².